The van der Waals surface area contributed by atoms with Crippen molar-refractivity contribution < 1.29 is 4.74 Å². The first-order chi connectivity index (χ1) is 9.44. The van der Waals surface area contributed by atoms with Crippen LogP contribution in [0.15, 0.2) is 12.4 Å². The van der Waals surface area contributed by atoms with Crippen LogP contribution in [0.2, 0.25) is 0 Å². The zero-order valence-electron chi connectivity index (χ0n) is 12.1. The van der Waals surface area contributed by atoms with Gasteiger partial charge in [0, 0.05) is 32.4 Å². The Kier molecular flexibility index (Phi) is 4.02. The molecule has 0 saturated carbocycles. The van der Waals surface area contributed by atoms with E-state index in [1.807, 2.05) is 39.0 Å². The molecular formula is C12H19N7O. The first-order valence-corrected chi connectivity index (χ1v) is 6.31. The van der Waals surface area contributed by atoms with Gasteiger partial charge in [-0.25, -0.2) is 0 Å². The second-order valence-corrected chi connectivity index (χ2v) is 4.82. The van der Waals surface area contributed by atoms with E-state index in [-0.39, 0.29) is 18.1 Å². The van der Waals surface area contributed by atoms with E-state index in [1.54, 1.807) is 10.9 Å². The molecule has 0 spiro atoms. The molecule has 2 N–H and O–H groups in total. The molecule has 0 atom stereocenters. The number of ether oxygens (including phenoxy) is 1. The van der Waals surface area contributed by atoms with E-state index in [1.165, 1.54) is 0 Å². The summed E-state index contributed by atoms with van der Waals surface area (Å²) < 4.78 is 7.20. The van der Waals surface area contributed by atoms with E-state index in [2.05, 4.69) is 20.1 Å². The standard InChI is InChI=1S/C12H19N7O/c1-8(2)20-12-16-10(13)15-11(17-12)18(3)6-9-5-14-19(4)7-9/h5,7-8H,6H2,1-4H3,(H2,13,15,16,17). The van der Waals surface area contributed by atoms with E-state index in [4.69, 9.17) is 10.5 Å². The molecule has 0 aromatic carbocycles. The lowest BCUT2D eigenvalue weighted by atomic mass is 10.3. The van der Waals surface area contributed by atoms with Gasteiger partial charge in [-0.15, -0.1) is 0 Å². The fourth-order valence-corrected chi connectivity index (χ4v) is 1.69. The lowest BCUT2D eigenvalue weighted by Crippen LogP contribution is -2.21. The molecule has 2 aromatic heterocycles. The summed E-state index contributed by atoms with van der Waals surface area (Å²) >= 11 is 0. The first-order valence-electron chi connectivity index (χ1n) is 6.31. The van der Waals surface area contributed by atoms with Gasteiger partial charge in [-0.1, -0.05) is 0 Å². The average molecular weight is 277 g/mol. The van der Waals surface area contributed by atoms with E-state index < -0.39 is 0 Å². The summed E-state index contributed by atoms with van der Waals surface area (Å²) in [5.74, 6) is 0.612. The number of anilines is 2. The number of aromatic nitrogens is 5. The minimum atomic E-state index is -0.0201. The van der Waals surface area contributed by atoms with Crippen LogP contribution in [0.4, 0.5) is 11.9 Å². The predicted molar refractivity (Wildman–Crippen MR) is 75.3 cm³/mol. The first kappa shape index (κ1) is 14.0. The molecule has 0 bridgehead atoms. The van der Waals surface area contributed by atoms with Crippen LogP contribution < -0.4 is 15.4 Å². The van der Waals surface area contributed by atoms with Crippen LogP contribution in [0.5, 0.6) is 6.01 Å². The second-order valence-electron chi connectivity index (χ2n) is 4.82. The number of nitrogen functional groups attached to an aromatic ring is 1. The largest absolute Gasteiger partial charge is 0.461 e. The summed E-state index contributed by atoms with van der Waals surface area (Å²) in [7, 11) is 3.75. The zero-order chi connectivity index (χ0) is 14.7. The van der Waals surface area contributed by atoms with E-state index in [0.717, 1.165) is 5.56 Å². The summed E-state index contributed by atoms with van der Waals surface area (Å²) in [4.78, 5) is 14.2. The molecule has 2 rings (SSSR count). The molecule has 2 heterocycles. The minimum absolute atomic E-state index is 0.0201. The smallest absolute Gasteiger partial charge is 0.323 e. The highest BCUT2D eigenvalue weighted by Crippen LogP contribution is 2.15. The number of nitrogens with two attached hydrogens (primary N) is 1. The average Bonchev–Trinajstić information content (AvgIpc) is 2.73. The van der Waals surface area contributed by atoms with E-state index in [9.17, 15) is 0 Å². The maximum atomic E-state index is 5.69. The summed E-state index contributed by atoms with van der Waals surface area (Å²) in [6.45, 7) is 4.43. The molecular weight excluding hydrogens is 258 g/mol. The molecule has 0 unspecified atom stereocenters. The maximum absolute atomic E-state index is 5.69. The third-order valence-electron chi connectivity index (χ3n) is 2.48. The predicted octanol–water partition coefficient (Wildman–Crippen LogP) is 0.611. The SMILES string of the molecule is CC(C)Oc1nc(N)nc(N(C)Cc2cnn(C)c2)n1. The molecule has 2 aromatic rings. The van der Waals surface area contributed by atoms with Crippen molar-refractivity contribution in [3.63, 3.8) is 0 Å². The van der Waals surface area contributed by atoms with Crippen molar-refractivity contribution in [1.29, 1.82) is 0 Å². The van der Waals surface area contributed by atoms with Crippen molar-refractivity contribution >= 4 is 11.9 Å². The monoisotopic (exact) mass is 277 g/mol. The zero-order valence-corrected chi connectivity index (χ0v) is 12.1. The molecule has 20 heavy (non-hydrogen) atoms. The van der Waals surface area contributed by atoms with Crippen LogP contribution in [0.3, 0.4) is 0 Å². The lowest BCUT2D eigenvalue weighted by Gasteiger charge is -2.17. The topological polar surface area (TPSA) is 95.0 Å². The molecule has 0 aliphatic carbocycles. The van der Waals surface area contributed by atoms with Crippen molar-refractivity contribution in [1.82, 2.24) is 24.7 Å². The summed E-state index contributed by atoms with van der Waals surface area (Å²) in [6, 6.07) is 0.237. The van der Waals surface area contributed by atoms with Gasteiger partial charge in [-0.3, -0.25) is 4.68 Å². The molecule has 0 amide bonds. The molecule has 0 saturated heterocycles. The van der Waals surface area contributed by atoms with E-state index in [0.29, 0.717) is 12.5 Å². The molecule has 0 aliphatic heterocycles. The molecule has 0 fully saturated rings. The summed E-state index contributed by atoms with van der Waals surface area (Å²) in [6.07, 6.45) is 3.72. The molecule has 8 heteroatoms. The molecule has 0 aliphatic rings. The normalized spacial score (nSPS) is 10.8. The van der Waals surface area contributed by atoms with Crippen LogP contribution in [-0.2, 0) is 13.6 Å². The van der Waals surface area contributed by atoms with Crippen molar-refractivity contribution in [3.05, 3.63) is 18.0 Å². The number of nitrogens with zero attached hydrogens (tertiary/aromatic N) is 6. The van der Waals surface area contributed by atoms with Crippen LogP contribution >= 0.6 is 0 Å². The van der Waals surface area contributed by atoms with Gasteiger partial charge in [-0.2, -0.15) is 20.1 Å². The fraction of sp³-hybridized carbons (Fsp3) is 0.500. The maximum Gasteiger partial charge on any atom is 0.323 e. The summed E-state index contributed by atoms with van der Waals surface area (Å²) in [5, 5.41) is 4.13. The van der Waals surface area contributed by atoms with Gasteiger partial charge < -0.3 is 15.4 Å². The Morgan fingerprint density at radius 2 is 2.10 bits per heavy atom. The van der Waals surface area contributed by atoms with E-state index >= 15 is 0 Å². The number of aryl methyl sites for hydroxylation is 1. The molecule has 108 valence electrons. The van der Waals surface area contributed by atoms with Gasteiger partial charge in [-0.05, 0) is 13.8 Å². The van der Waals surface area contributed by atoms with Crippen molar-refractivity contribution in [2.45, 2.75) is 26.5 Å². The highest BCUT2D eigenvalue weighted by molar-refractivity contribution is 5.35. The minimum Gasteiger partial charge on any atom is -0.461 e. The van der Waals surface area contributed by atoms with Crippen molar-refractivity contribution in [3.8, 4) is 6.01 Å². The van der Waals surface area contributed by atoms with Gasteiger partial charge in [0.2, 0.25) is 11.9 Å². The van der Waals surface area contributed by atoms with Crippen molar-refractivity contribution in [2.75, 3.05) is 17.7 Å². The number of rotatable bonds is 5. The second kappa shape index (κ2) is 5.72. The quantitative estimate of drug-likeness (QED) is 0.855. The lowest BCUT2D eigenvalue weighted by molar-refractivity contribution is 0.222. The Morgan fingerprint density at radius 3 is 2.70 bits per heavy atom. The van der Waals surface area contributed by atoms with Gasteiger partial charge in [0.1, 0.15) is 0 Å². The third-order valence-corrected chi connectivity index (χ3v) is 2.48. The van der Waals surface area contributed by atoms with Crippen molar-refractivity contribution in [2.24, 2.45) is 7.05 Å². The number of hydrogen-bond donors (Lipinski definition) is 1. The Balaban J connectivity index is 2.16. The molecule has 8 nitrogen and oxygen atoms in total. The van der Waals surface area contributed by atoms with Crippen LogP contribution in [0.25, 0.3) is 0 Å². The van der Waals surface area contributed by atoms with Crippen LogP contribution in [0.1, 0.15) is 19.4 Å². The van der Waals surface area contributed by atoms with Crippen LogP contribution in [0, 0.1) is 0 Å². The van der Waals surface area contributed by atoms with Gasteiger partial charge in [0.25, 0.3) is 0 Å². The van der Waals surface area contributed by atoms with Crippen LogP contribution in [-0.4, -0.2) is 37.9 Å². The highest BCUT2D eigenvalue weighted by atomic mass is 16.5. The highest BCUT2D eigenvalue weighted by Gasteiger charge is 2.12. The number of hydrogen-bond acceptors (Lipinski definition) is 7. The Bertz CT molecular complexity index is 581. The van der Waals surface area contributed by atoms with Gasteiger partial charge >= 0.3 is 6.01 Å². The Labute approximate surface area is 117 Å². The fourth-order valence-electron chi connectivity index (χ4n) is 1.69. The third kappa shape index (κ3) is 3.56. The molecule has 0 radical (unpaired) electrons. The van der Waals surface area contributed by atoms with Gasteiger partial charge in [0.05, 0.1) is 12.3 Å². The van der Waals surface area contributed by atoms with Gasteiger partial charge in [0.15, 0.2) is 0 Å². The Morgan fingerprint density at radius 1 is 1.35 bits per heavy atom. The Hall–Kier alpha value is -2.38. The summed E-state index contributed by atoms with van der Waals surface area (Å²) in [5.41, 5.74) is 6.74.